The van der Waals surface area contributed by atoms with Crippen LogP contribution in [0, 0.1) is 0 Å². The summed E-state index contributed by atoms with van der Waals surface area (Å²) in [6, 6.07) is 9.43. The van der Waals surface area contributed by atoms with Crippen molar-refractivity contribution >= 4 is 5.91 Å². The number of carbonyl (C=O) groups excluding carboxylic acids is 1. The molecule has 0 aliphatic carbocycles. The summed E-state index contributed by atoms with van der Waals surface area (Å²) >= 11 is 0. The van der Waals surface area contributed by atoms with Gasteiger partial charge in [0.25, 0.3) is 0 Å². The van der Waals surface area contributed by atoms with Gasteiger partial charge in [0.1, 0.15) is 0 Å². The highest BCUT2D eigenvalue weighted by Gasteiger charge is 2.26. The molecule has 1 fully saturated rings. The largest absolute Gasteiger partial charge is 0.454 e. The first-order valence-corrected chi connectivity index (χ1v) is 9.36. The maximum Gasteiger partial charge on any atom is 0.241 e. The minimum absolute atomic E-state index is 0.0720. The average molecular weight is 393 g/mol. The number of hydrogen-bond donors (Lipinski definition) is 0. The lowest BCUT2D eigenvalue weighted by Gasteiger charge is -2.33. The second-order valence-corrected chi connectivity index (χ2v) is 6.96. The van der Waals surface area contributed by atoms with Gasteiger partial charge in [0.15, 0.2) is 11.5 Å². The van der Waals surface area contributed by atoms with Crippen LogP contribution in [0.4, 0.5) is 0 Å². The van der Waals surface area contributed by atoms with Gasteiger partial charge in [-0.05, 0) is 29.8 Å². The first-order chi connectivity index (χ1) is 14.2. The number of nitrogens with zero attached hydrogens (tertiary/aromatic N) is 5. The fourth-order valence-corrected chi connectivity index (χ4v) is 3.45. The monoisotopic (exact) mass is 393 g/mol. The van der Waals surface area contributed by atoms with E-state index in [0.29, 0.717) is 37.9 Å². The van der Waals surface area contributed by atoms with Crippen molar-refractivity contribution in [1.82, 2.24) is 24.9 Å². The summed E-state index contributed by atoms with van der Waals surface area (Å²) in [4.78, 5) is 24.9. The molecule has 0 bridgehead atoms. The molecule has 0 atom stereocenters. The van der Waals surface area contributed by atoms with Crippen LogP contribution in [0.15, 0.2) is 47.2 Å². The first-order valence-electron chi connectivity index (χ1n) is 9.36. The molecular formula is C20H19N5O4. The van der Waals surface area contributed by atoms with Gasteiger partial charge in [0, 0.05) is 37.6 Å². The molecule has 5 rings (SSSR count). The molecule has 9 heteroatoms. The maximum atomic E-state index is 12.6. The topological polar surface area (TPSA) is 93.8 Å². The van der Waals surface area contributed by atoms with E-state index in [2.05, 4.69) is 15.1 Å². The molecule has 1 amide bonds. The zero-order valence-corrected chi connectivity index (χ0v) is 15.7. The van der Waals surface area contributed by atoms with Crippen LogP contribution in [0.2, 0.25) is 0 Å². The van der Waals surface area contributed by atoms with E-state index in [1.165, 1.54) is 0 Å². The van der Waals surface area contributed by atoms with Crippen molar-refractivity contribution in [2.24, 2.45) is 0 Å². The van der Waals surface area contributed by atoms with Crippen molar-refractivity contribution in [1.29, 1.82) is 0 Å². The van der Waals surface area contributed by atoms with Gasteiger partial charge in [0.05, 0.1) is 13.1 Å². The third-order valence-corrected chi connectivity index (χ3v) is 4.97. The second-order valence-electron chi connectivity index (χ2n) is 6.96. The van der Waals surface area contributed by atoms with Crippen molar-refractivity contribution in [2.45, 2.75) is 13.1 Å². The summed E-state index contributed by atoms with van der Waals surface area (Å²) in [6.07, 6.45) is 3.37. The van der Waals surface area contributed by atoms with Crippen molar-refractivity contribution in [3.05, 3.63) is 54.2 Å². The second kappa shape index (κ2) is 7.51. The SMILES string of the molecule is O=C1CN(Cc2nc(-c3ccncc3)no2)CCN1Cc1ccc2c(c1)OCO2. The van der Waals surface area contributed by atoms with Gasteiger partial charge in [0.2, 0.25) is 24.4 Å². The number of amides is 1. The lowest BCUT2D eigenvalue weighted by Crippen LogP contribution is -2.49. The predicted octanol–water partition coefficient (Wildman–Crippen LogP) is 1.70. The molecule has 2 aromatic heterocycles. The van der Waals surface area contributed by atoms with E-state index in [9.17, 15) is 4.79 Å². The lowest BCUT2D eigenvalue weighted by atomic mass is 10.1. The molecule has 148 valence electrons. The van der Waals surface area contributed by atoms with Gasteiger partial charge in [-0.15, -0.1) is 0 Å². The van der Waals surface area contributed by atoms with E-state index in [-0.39, 0.29) is 12.7 Å². The fraction of sp³-hybridized carbons (Fsp3) is 0.300. The summed E-state index contributed by atoms with van der Waals surface area (Å²) in [5.41, 5.74) is 1.87. The Hall–Kier alpha value is -3.46. The van der Waals surface area contributed by atoms with E-state index in [1.54, 1.807) is 12.4 Å². The normalized spacial score (nSPS) is 16.4. The third kappa shape index (κ3) is 3.77. The Balaban J connectivity index is 1.18. The van der Waals surface area contributed by atoms with E-state index in [0.717, 1.165) is 29.2 Å². The van der Waals surface area contributed by atoms with Crippen LogP contribution in [0.25, 0.3) is 11.4 Å². The summed E-state index contributed by atoms with van der Waals surface area (Å²) in [5.74, 6) is 2.57. The number of carbonyl (C=O) groups is 1. The smallest absolute Gasteiger partial charge is 0.241 e. The summed E-state index contributed by atoms with van der Waals surface area (Å²) in [6.45, 7) is 2.94. The Bertz CT molecular complexity index is 1020. The molecule has 0 spiro atoms. The summed E-state index contributed by atoms with van der Waals surface area (Å²) in [7, 11) is 0. The highest BCUT2D eigenvalue weighted by Crippen LogP contribution is 2.33. The Labute approximate surface area is 166 Å². The van der Waals surface area contributed by atoms with Crippen molar-refractivity contribution in [3.63, 3.8) is 0 Å². The van der Waals surface area contributed by atoms with Crippen molar-refractivity contribution < 1.29 is 18.8 Å². The standard InChI is InChI=1S/C20H19N5O4/c26-19-12-24(11-18-22-20(23-29-18)15-3-5-21-6-4-15)7-8-25(19)10-14-1-2-16-17(9-14)28-13-27-16/h1-6,9H,7-8,10-13H2. The zero-order chi connectivity index (χ0) is 19.6. The van der Waals surface area contributed by atoms with Crippen molar-refractivity contribution in [2.75, 3.05) is 26.4 Å². The molecule has 9 nitrogen and oxygen atoms in total. The first kappa shape index (κ1) is 17.6. The molecule has 3 aromatic rings. The number of aromatic nitrogens is 3. The molecule has 0 saturated carbocycles. The molecule has 0 N–H and O–H groups in total. The van der Waals surface area contributed by atoms with Gasteiger partial charge in [-0.25, -0.2) is 0 Å². The van der Waals surface area contributed by atoms with Crippen LogP contribution in [0.1, 0.15) is 11.5 Å². The molecule has 0 unspecified atom stereocenters. The van der Waals surface area contributed by atoms with Gasteiger partial charge in [-0.2, -0.15) is 4.98 Å². The van der Waals surface area contributed by atoms with Gasteiger partial charge in [-0.1, -0.05) is 11.2 Å². The van der Waals surface area contributed by atoms with E-state index in [1.807, 2.05) is 40.1 Å². The quantitative estimate of drug-likeness (QED) is 0.647. The van der Waals surface area contributed by atoms with E-state index < -0.39 is 0 Å². The highest BCUT2D eigenvalue weighted by atomic mass is 16.7. The molecule has 2 aliphatic heterocycles. The molecule has 4 heterocycles. The molecule has 2 aliphatic rings. The van der Waals surface area contributed by atoms with Crippen LogP contribution in [-0.2, 0) is 17.9 Å². The number of piperazine rings is 1. The number of rotatable bonds is 5. The molecule has 1 aromatic carbocycles. The summed E-state index contributed by atoms with van der Waals surface area (Å²) < 4.78 is 16.1. The summed E-state index contributed by atoms with van der Waals surface area (Å²) in [5, 5.41) is 4.01. The molecule has 29 heavy (non-hydrogen) atoms. The van der Waals surface area contributed by atoms with Gasteiger partial charge < -0.3 is 18.9 Å². The Morgan fingerprint density at radius 3 is 2.72 bits per heavy atom. The van der Waals surface area contributed by atoms with E-state index in [4.69, 9.17) is 14.0 Å². The van der Waals surface area contributed by atoms with E-state index >= 15 is 0 Å². The van der Waals surface area contributed by atoms with Crippen LogP contribution in [0.3, 0.4) is 0 Å². The van der Waals surface area contributed by atoms with Crippen LogP contribution < -0.4 is 9.47 Å². The van der Waals surface area contributed by atoms with Crippen LogP contribution in [-0.4, -0.2) is 57.3 Å². The Morgan fingerprint density at radius 2 is 1.86 bits per heavy atom. The van der Waals surface area contributed by atoms with Gasteiger partial charge >= 0.3 is 0 Å². The molecular weight excluding hydrogens is 374 g/mol. The van der Waals surface area contributed by atoms with Crippen LogP contribution in [0.5, 0.6) is 11.5 Å². The Morgan fingerprint density at radius 1 is 1.00 bits per heavy atom. The zero-order valence-electron chi connectivity index (χ0n) is 15.7. The van der Waals surface area contributed by atoms with Gasteiger partial charge in [-0.3, -0.25) is 14.7 Å². The number of ether oxygens (including phenoxy) is 2. The number of benzene rings is 1. The van der Waals surface area contributed by atoms with Crippen molar-refractivity contribution in [3.8, 4) is 22.9 Å². The molecule has 1 saturated heterocycles. The number of pyridine rings is 1. The average Bonchev–Trinajstić information content (AvgIpc) is 3.40. The predicted molar refractivity (Wildman–Crippen MR) is 101 cm³/mol. The van der Waals surface area contributed by atoms with Crippen LogP contribution >= 0.6 is 0 Å². The number of hydrogen-bond acceptors (Lipinski definition) is 8. The molecule has 0 radical (unpaired) electrons. The minimum Gasteiger partial charge on any atom is -0.454 e. The Kier molecular flexibility index (Phi) is 4.57. The highest BCUT2D eigenvalue weighted by molar-refractivity contribution is 5.79. The maximum absolute atomic E-state index is 12.6. The minimum atomic E-state index is 0.0720. The number of fused-ring (bicyclic) bond motifs is 1. The third-order valence-electron chi connectivity index (χ3n) is 4.97. The fourth-order valence-electron chi connectivity index (χ4n) is 3.45. The lowest BCUT2D eigenvalue weighted by molar-refractivity contribution is -0.137.